The van der Waals surface area contributed by atoms with Crippen molar-refractivity contribution in [1.29, 1.82) is 0 Å². The Bertz CT molecular complexity index is 1150. The quantitative estimate of drug-likeness (QED) is 0.201. The number of carbonyl (C=O) groups excluding carboxylic acids is 4. The van der Waals surface area contributed by atoms with E-state index in [1.165, 1.54) is 18.1 Å². The first-order valence-corrected chi connectivity index (χ1v) is 15.2. The molecule has 246 valence electrons. The molecule has 3 fully saturated rings. The Morgan fingerprint density at radius 3 is 2.45 bits per heavy atom. The number of nitrogens with one attached hydrogen (secondary N) is 4. The standard InChI is InChI=1S/C29H45N5O10/c1-6-7-18(21(41-5)24(36)30-16-8-9-16)31-23(35)20-13-29(12-19(26(38)39)33-44-29)15-34(20)25(37)22(28(2,3)4)32-27(40)43-17-10-11-42-14-17/h12,16-18,20-22,33H,6-11,13-15H2,1-5H3,(H,30,36)(H,31,35)(H,32,40)(H,38,39)/t17-,18-,20-,21?,22+,29+/m0/s1. The van der Waals surface area contributed by atoms with Crippen LogP contribution in [0.15, 0.2) is 11.8 Å². The summed E-state index contributed by atoms with van der Waals surface area (Å²) in [4.78, 5) is 72.6. The van der Waals surface area contributed by atoms with Crippen molar-refractivity contribution in [3.8, 4) is 0 Å². The molecule has 1 aliphatic carbocycles. The van der Waals surface area contributed by atoms with E-state index in [9.17, 15) is 29.1 Å². The molecular formula is C29H45N5O10. The lowest BCUT2D eigenvalue weighted by Gasteiger charge is -2.36. The second kappa shape index (κ2) is 13.7. The molecule has 0 aromatic carbocycles. The minimum absolute atomic E-state index is 0.0696. The zero-order valence-electron chi connectivity index (χ0n) is 26.0. The van der Waals surface area contributed by atoms with Crippen LogP contribution >= 0.6 is 0 Å². The van der Waals surface area contributed by atoms with Crippen molar-refractivity contribution < 1.29 is 48.1 Å². The second-order valence-corrected chi connectivity index (χ2v) is 13.0. The van der Waals surface area contributed by atoms with Crippen LogP contribution in [-0.4, -0.2) is 109 Å². The van der Waals surface area contributed by atoms with Crippen LogP contribution in [0.1, 0.15) is 66.2 Å². The van der Waals surface area contributed by atoms with Gasteiger partial charge in [0, 0.05) is 26.0 Å². The van der Waals surface area contributed by atoms with E-state index in [1.807, 2.05) is 6.92 Å². The molecule has 3 aliphatic heterocycles. The van der Waals surface area contributed by atoms with Crippen molar-refractivity contribution in [1.82, 2.24) is 26.3 Å². The van der Waals surface area contributed by atoms with Crippen LogP contribution in [0.5, 0.6) is 0 Å². The lowest BCUT2D eigenvalue weighted by molar-refractivity contribution is -0.143. The Morgan fingerprint density at radius 2 is 1.91 bits per heavy atom. The summed E-state index contributed by atoms with van der Waals surface area (Å²) in [5, 5.41) is 18.0. The van der Waals surface area contributed by atoms with Crippen LogP contribution in [0.3, 0.4) is 0 Å². The number of carboxylic acids is 1. The Labute approximate surface area is 256 Å². The Kier molecular flexibility index (Phi) is 10.4. The summed E-state index contributed by atoms with van der Waals surface area (Å²) in [6.07, 6.45) is 2.49. The number of hydrogen-bond acceptors (Lipinski definition) is 10. The van der Waals surface area contributed by atoms with E-state index < -0.39 is 65.2 Å². The summed E-state index contributed by atoms with van der Waals surface area (Å²) in [7, 11) is 1.40. The number of carbonyl (C=O) groups is 5. The molecule has 0 radical (unpaired) electrons. The third kappa shape index (κ3) is 7.99. The van der Waals surface area contributed by atoms with E-state index in [2.05, 4.69) is 21.4 Å². The van der Waals surface area contributed by atoms with Gasteiger partial charge in [-0.15, -0.1) is 0 Å². The molecule has 5 N–H and O–H groups in total. The number of hydroxylamine groups is 1. The van der Waals surface area contributed by atoms with Crippen molar-refractivity contribution in [2.75, 3.05) is 26.9 Å². The molecule has 15 heteroatoms. The van der Waals surface area contributed by atoms with Gasteiger partial charge >= 0.3 is 12.1 Å². The number of amides is 4. The summed E-state index contributed by atoms with van der Waals surface area (Å²) in [6.45, 7) is 7.79. The summed E-state index contributed by atoms with van der Waals surface area (Å²) in [6, 6.07) is -2.83. The molecule has 1 unspecified atom stereocenters. The molecule has 2 saturated heterocycles. The van der Waals surface area contributed by atoms with Crippen molar-refractivity contribution in [2.24, 2.45) is 5.41 Å². The van der Waals surface area contributed by atoms with E-state index in [0.29, 0.717) is 25.9 Å². The fourth-order valence-corrected chi connectivity index (χ4v) is 5.71. The summed E-state index contributed by atoms with van der Waals surface area (Å²) >= 11 is 0. The predicted octanol–water partition coefficient (Wildman–Crippen LogP) is 0.338. The number of likely N-dealkylation sites (tertiary alicyclic amines) is 1. The van der Waals surface area contributed by atoms with Gasteiger partial charge in [-0.1, -0.05) is 34.1 Å². The molecule has 4 aliphatic rings. The number of ether oxygens (including phenoxy) is 3. The first-order valence-electron chi connectivity index (χ1n) is 15.2. The van der Waals surface area contributed by atoms with Crippen LogP contribution in [0.2, 0.25) is 0 Å². The lowest BCUT2D eigenvalue weighted by Crippen LogP contribution is -2.60. The molecule has 15 nitrogen and oxygen atoms in total. The van der Waals surface area contributed by atoms with Gasteiger partial charge in [-0.2, -0.15) is 0 Å². The van der Waals surface area contributed by atoms with Crippen molar-refractivity contribution in [3.63, 3.8) is 0 Å². The average molecular weight is 624 g/mol. The third-order valence-electron chi connectivity index (χ3n) is 8.21. The van der Waals surface area contributed by atoms with Crippen LogP contribution in [0.4, 0.5) is 4.79 Å². The van der Waals surface area contributed by atoms with Crippen molar-refractivity contribution in [2.45, 2.75) is 108 Å². The monoisotopic (exact) mass is 623 g/mol. The molecule has 1 saturated carbocycles. The maximum atomic E-state index is 14.2. The summed E-state index contributed by atoms with van der Waals surface area (Å²) in [5.41, 5.74) is 0.0458. The zero-order chi connectivity index (χ0) is 32.2. The third-order valence-corrected chi connectivity index (χ3v) is 8.21. The van der Waals surface area contributed by atoms with Gasteiger partial charge in [0.15, 0.2) is 6.10 Å². The minimum atomic E-state index is -1.32. The number of carboxylic acid groups (broad SMARTS) is 1. The maximum absolute atomic E-state index is 14.2. The molecule has 0 aromatic rings. The molecule has 1 spiro atoms. The molecule has 0 aromatic heterocycles. The van der Waals surface area contributed by atoms with Crippen molar-refractivity contribution in [3.05, 3.63) is 11.8 Å². The van der Waals surface area contributed by atoms with Gasteiger partial charge < -0.3 is 40.2 Å². The van der Waals surface area contributed by atoms with Gasteiger partial charge in [0.25, 0.3) is 5.91 Å². The smallest absolute Gasteiger partial charge is 0.408 e. The lowest BCUT2D eigenvalue weighted by atomic mass is 9.85. The predicted molar refractivity (Wildman–Crippen MR) is 154 cm³/mol. The first-order chi connectivity index (χ1) is 20.8. The molecular weight excluding hydrogens is 578 g/mol. The summed E-state index contributed by atoms with van der Waals surface area (Å²) < 4.78 is 16.2. The number of nitrogens with zero attached hydrogens (tertiary/aromatic N) is 1. The van der Waals surface area contributed by atoms with Crippen LogP contribution in [-0.2, 0) is 38.2 Å². The largest absolute Gasteiger partial charge is 0.477 e. The minimum Gasteiger partial charge on any atom is -0.477 e. The molecule has 44 heavy (non-hydrogen) atoms. The van der Waals surface area contributed by atoms with Gasteiger partial charge in [0.2, 0.25) is 11.8 Å². The van der Waals surface area contributed by atoms with Crippen LogP contribution in [0.25, 0.3) is 0 Å². The molecule has 6 atom stereocenters. The molecule has 4 amide bonds. The van der Waals surface area contributed by atoms with Gasteiger partial charge in [0.05, 0.1) is 25.8 Å². The molecule has 4 rings (SSSR count). The highest BCUT2D eigenvalue weighted by molar-refractivity contribution is 5.94. The Hall–Kier alpha value is -3.43. The second-order valence-electron chi connectivity index (χ2n) is 13.0. The highest BCUT2D eigenvalue weighted by Crippen LogP contribution is 2.37. The van der Waals surface area contributed by atoms with E-state index in [0.717, 1.165) is 12.8 Å². The SMILES string of the molecule is CCC[C@H](NC(=O)[C@@H]1C[C@]2(C=C(C(=O)O)NO2)CN1C(=O)[C@@H](NC(=O)O[C@H]1CCOC1)C(C)(C)C)C(OC)C(=O)NC1CC1. The van der Waals surface area contributed by atoms with E-state index in [1.54, 1.807) is 20.8 Å². The average Bonchev–Trinajstić information content (AvgIpc) is 3.32. The number of alkyl carbamates (subject to hydrolysis) is 1. The first kappa shape index (κ1) is 33.5. The molecule has 3 heterocycles. The number of aliphatic carboxylic acids is 1. The van der Waals surface area contributed by atoms with Crippen LogP contribution in [0, 0.1) is 5.41 Å². The van der Waals surface area contributed by atoms with Crippen molar-refractivity contribution >= 4 is 29.8 Å². The van der Waals surface area contributed by atoms with E-state index >= 15 is 0 Å². The topological polar surface area (TPSA) is 194 Å². The van der Waals surface area contributed by atoms with Crippen LogP contribution < -0.4 is 21.4 Å². The number of rotatable bonds is 12. The Balaban J connectivity index is 1.58. The molecule has 0 bridgehead atoms. The Morgan fingerprint density at radius 1 is 1.18 bits per heavy atom. The number of methoxy groups -OCH3 is 1. The maximum Gasteiger partial charge on any atom is 0.408 e. The fourth-order valence-electron chi connectivity index (χ4n) is 5.71. The normalized spacial score (nSPS) is 26.8. The fraction of sp³-hybridized carbons (Fsp3) is 0.759. The van der Waals surface area contributed by atoms with Gasteiger partial charge in [-0.3, -0.25) is 24.7 Å². The van der Waals surface area contributed by atoms with Gasteiger partial charge in [-0.25, -0.2) is 9.59 Å². The van der Waals surface area contributed by atoms with Gasteiger partial charge in [0.1, 0.15) is 29.5 Å². The van der Waals surface area contributed by atoms with E-state index in [-0.39, 0.29) is 37.2 Å². The highest BCUT2D eigenvalue weighted by atomic mass is 16.7. The van der Waals surface area contributed by atoms with E-state index in [4.69, 9.17) is 19.0 Å². The summed E-state index contributed by atoms with van der Waals surface area (Å²) in [5.74, 6) is -2.72. The highest BCUT2D eigenvalue weighted by Gasteiger charge is 2.54. The van der Waals surface area contributed by atoms with Gasteiger partial charge in [-0.05, 0) is 30.8 Å². The number of hydrogen-bond donors (Lipinski definition) is 5. The zero-order valence-corrected chi connectivity index (χ0v) is 26.0.